The molecule has 0 atom stereocenters. The second kappa shape index (κ2) is 8.15. The van der Waals surface area contributed by atoms with Gasteiger partial charge in [-0.3, -0.25) is 9.78 Å². The third-order valence-electron chi connectivity index (χ3n) is 2.55. The van der Waals surface area contributed by atoms with Gasteiger partial charge in [0, 0.05) is 25.6 Å². The maximum Gasteiger partial charge on any atom is 0.316 e. The van der Waals surface area contributed by atoms with Crippen molar-refractivity contribution in [1.82, 2.24) is 25.4 Å². The van der Waals surface area contributed by atoms with E-state index in [1.165, 1.54) is 18.6 Å². The zero-order valence-corrected chi connectivity index (χ0v) is 12.4. The van der Waals surface area contributed by atoms with Crippen LogP contribution in [0.2, 0.25) is 0 Å². The van der Waals surface area contributed by atoms with Crippen LogP contribution in [0, 0.1) is 0 Å². The number of rotatable bonds is 8. The Morgan fingerprint density at radius 1 is 1.32 bits per heavy atom. The molecule has 1 N–H and O–H groups in total. The number of aromatic nitrogens is 4. The topological polar surface area (TPSA) is 112 Å². The summed E-state index contributed by atoms with van der Waals surface area (Å²) < 4.78 is 15.6. The fourth-order valence-electron chi connectivity index (χ4n) is 1.62. The molecule has 0 saturated heterocycles. The van der Waals surface area contributed by atoms with E-state index in [0.717, 1.165) is 0 Å². The van der Waals surface area contributed by atoms with E-state index in [0.29, 0.717) is 18.9 Å². The lowest BCUT2D eigenvalue weighted by Gasteiger charge is -2.16. The second-order valence-electron chi connectivity index (χ2n) is 4.06. The maximum atomic E-state index is 11.9. The number of ether oxygens (including phenoxy) is 2. The van der Waals surface area contributed by atoms with Crippen molar-refractivity contribution in [3.05, 3.63) is 24.5 Å². The average Bonchev–Trinajstić information content (AvgIpc) is 3.04. The lowest BCUT2D eigenvalue weighted by Crippen LogP contribution is -2.35. The molecule has 0 aliphatic heterocycles. The summed E-state index contributed by atoms with van der Waals surface area (Å²) in [4.78, 5) is 23.8. The predicted octanol–water partition coefficient (Wildman–Crippen LogP) is 0.655. The van der Waals surface area contributed by atoms with E-state index in [2.05, 4.69) is 25.4 Å². The molecule has 0 saturated carbocycles. The maximum absolute atomic E-state index is 11.9. The van der Waals surface area contributed by atoms with Gasteiger partial charge in [-0.25, -0.2) is 4.98 Å². The van der Waals surface area contributed by atoms with E-state index in [1.54, 1.807) is 0 Å². The molecular weight excluding hydrogens is 290 g/mol. The Hall–Kier alpha value is -2.39. The summed E-state index contributed by atoms with van der Waals surface area (Å²) >= 11 is 0. The van der Waals surface area contributed by atoms with Crippen molar-refractivity contribution < 1.29 is 18.8 Å². The van der Waals surface area contributed by atoms with Gasteiger partial charge in [-0.2, -0.15) is 4.98 Å². The predicted molar refractivity (Wildman–Crippen MR) is 74.7 cm³/mol. The van der Waals surface area contributed by atoms with Gasteiger partial charge in [0.1, 0.15) is 5.69 Å². The van der Waals surface area contributed by atoms with Crippen LogP contribution in [0.25, 0.3) is 11.5 Å². The summed E-state index contributed by atoms with van der Waals surface area (Å²) in [6, 6.07) is 0. The first-order valence-electron chi connectivity index (χ1n) is 6.86. The summed E-state index contributed by atoms with van der Waals surface area (Å²) in [5.41, 5.74) is 0.423. The van der Waals surface area contributed by atoms with E-state index < -0.39 is 12.2 Å². The highest BCUT2D eigenvalue weighted by Crippen LogP contribution is 2.10. The quantitative estimate of drug-likeness (QED) is 0.708. The van der Waals surface area contributed by atoms with Crippen molar-refractivity contribution in [2.24, 2.45) is 0 Å². The lowest BCUT2D eigenvalue weighted by atomic mass is 10.4. The van der Waals surface area contributed by atoms with Crippen LogP contribution in [-0.4, -0.2) is 52.1 Å². The zero-order valence-electron chi connectivity index (χ0n) is 12.4. The Kier molecular flexibility index (Phi) is 5.92. The molecule has 0 unspecified atom stereocenters. The number of amides is 1. The number of hydrogen-bond acceptors (Lipinski definition) is 8. The number of carbonyl (C=O) groups is 1. The first-order chi connectivity index (χ1) is 10.7. The first kappa shape index (κ1) is 16.0. The molecule has 2 heterocycles. The highest BCUT2D eigenvalue weighted by molar-refractivity contribution is 5.89. The molecule has 0 aliphatic rings. The summed E-state index contributed by atoms with van der Waals surface area (Å²) in [7, 11) is 0. The van der Waals surface area contributed by atoms with Gasteiger partial charge in [-0.1, -0.05) is 5.16 Å². The normalized spacial score (nSPS) is 10.9. The molecular formula is C13H17N5O4. The van der Waals surface area contributed by atoms with Crippen molar-refractivity contribution in [1.29, 1.82) is 0 Å². The molecule has 0 radical (unpaired) electrons. The van der Waals surface area contributed by atoms with Crippen LogP contribution >= 0.6 is 0 Å². The van der Waals surface area contributed by atoms with Gasteiger partial charge in [-0.15, -0.1) is 0 Å². The van der Waals surface area contributed by atoms with Crippen molar-refractivity contribution in [2.45, 2.75) is 20.1 Å². The molecule has 1 amide bonds. The third kappa shape index (κ3) is 4.30. The number of nitrogens with zero attached hydrogens (tertiary/aromatic N) is 4. The molecule has 118 valence electrons. The molecule has 0 fully saturated rings. The highest BCUT2D eigenvalue weighted by Gasteiger charge is 2.18. The van der Waals surface area contributed by atoms with Gasteiger partial charge >= 0.3 is 11.8 Å². The Balaban J connectivity index is 1.94. The third-order valence-corrected chi connectivity index (χ3v) is 2.55. The number of carbonyl (C=O) groups excluding carboxylic acids is 1. The lowest BCUT2D eigenvalue weighted by molar-refractivity contribution is -0.131. The summed E-state index contributed by atoms with van der Waals surface area (Å²) in [6.07, 6.45) is 3.99. The van der Waals surface area contributed by atoms with Crippen LogP contribution in [0.4, 0.5) is 0 Å². The van der Waals surface area contributed by atoms with Gasteiger partial charge in [0.2, 0.25) is 5.82 Å². The van der Waals surface area contributed by atoms with E-state index in [4.69, 9.17) is 14.0 Å². The fourth-order valence-corrected chi connectivity index (χ4v) is 1.62. The minimum atomic E-state index is -0.513. The van der Waals surface area contributed by atoms with Gasteiger partial charge in [-0.05, 0) is 13.8 Å². The average molecular weight is 307 g/mol. The van der Waals surface area contributed by atoms with Crippen molar-refractivity contribution in [3.8, 4) is 11.5 Å². The summed E-state index contributed by atoms with van der Waals surface area (Å²) in [5.74, 6) is -0.469. The molecule has 2 aromatic heterocycles. The van der Waals surface area contributed by atoms with Gasteiger partial charge in [0.05, 0.1) is 12.7 Å². The van der Waals surface area contributed by atoms with Gasteiger partial charge in [0.15, 0.2) is 6.29 Å². The number of hydrogen-bond donors (Lipinski definition) is 1. The van der Waals surface area contributed by atoms with E-state index in [9.17, 15) is 4.79 Å². The van der Waals surface area contributed by atoms with Crippen LogP contribution in [0.1, 0.15) is 24.5 Å². The van der Waals surface area contributed by atoms with E-state index >= 15 is 0 Å². The Bertz CT molecular complexity index is 583. The molecule has 9 heteroatoms. The van der Waals surface area contributed by atoms with Crippen LogP contribution in [0.3, 0.4) is 0 Å². The number of nitrogens with one attached hydrogen (secondary N) is 1. The second-order valence-corrected chi connectivity index (χ2v) is 4.06. The molecule has 22 heavy (non-hydrogen) atoms. The largest absolute Gasteiger partial charge is 0.351 e. The van der Waals surface area contributed by atoms with E-state index in [-0.39, 0.29) is 18.3 Å². The Labute approximate surface area is 127 Å². The first-order valence-corrected chi connectivity index (χ1v) is 6.86. The fraction of sp³-hybridized carbons (Fsp3) is 0.462. The van der Waals surface area contributed by atoms with Crippen LogP contribution in [-0.2, 0) is 9.47 Å². The highest BCUT2D eigenvalue weighted by atomic mass is 16.7. The zero-order chi connectivity index (χ0) is 15.8. The molecule has 0 bridgehead atoms. The minimum Gasteiger partial charge on any atom is -0.351 e. The van der Waals surface area contributed by atoms with E-state index in [1.807, 2.05) is 13.8 Å². The monoisotopic (exact) mass is 307 g/mol. The Morgan fingerprint density at radius 3 is 2.73 bits per heavy atom. The molecule has 0 spiro atoms. The van der Waals surface area contributed by atoms with Crippen molar-refractivity contribution in [3.63, 3.8) is 0 Å². The molecule has 2 rings (SSSR count). The van der Waals surface area contributed by atoms with Gasteiger partial charge in [0.25, 0.3) is 0 Å². The molecule has 9 nitrogen and oxygen atoms in total. The van der Waals surface area contributed by atoms with Crippen LogP contribution < -0.4 is 5.32 Å². The summed E-state index contributed by atoms with van der Waals surface area (Å²) in [5, 5.41) is 6.31. The molecule has 0 aromatic carbocycles. The smallest absolute Gasteiger partial charge is 0.316 e. The minimum absolute atomic E-state index is 0.160. The standard InChI is InChI=1S/C13H17N5O4/c1-3-20-10(21-4-2)8-16-12(19)13-17-11(18-22-13)9-7-14-5-6-15-9/h5-7,10H,3-4,8H2,1-2H3,(H,16,19). The SMILES string of the molecule is CCOC(CNC(=O)c1nc(-c2cnccn2)no1)OCC. The molecule has 0 aliphatic carbocycles. The van der Waals surface area contributed by atoms with Crippen molar-refractivity contribution in [2.75, 3.05) is 19.8 Å². The van der Waals surface area contributed by atoms with Crippen LogP contribution in [0.5, 0.6) is 0 Å². The molecule has 2 aromatic rings. The van der Waals surface area contributed by atoms with Gasteiger partial charge < -0.3 is 19.3 Å². The van der Waals surface area contributed by atoms with Crippen LogP contribution in [0.15, 0.2) is 23.1 Å². The summed E-state index contributed by atoms with van der Waals surface area (Å²) in [6.45, 7) is 4.84. The van der Waals surface area contributed by atoms with Crippen molar-refractivity contribution >= 4 is 5.91 Å². The Morgan fingerprint density at radius 2 is 2.09 bits per heavy atom.